The van der Waals surface area contributed by atoms with Crippen LogP contribution in [0.5, 0.6) is 0 Å². The summed E-state index contributed by atoms with van der Waals surface area (Å²) < 4.78 is 2.01. The number of carbonyl (C=O) groups is 1. The number of thiazole rings is 1. The first kappa shape index (κ1) is 16.8. The van der Waals surface area contributed by atoms with Crippen molar-refractivity contribution in [1.29, 1.82) is 0 Å². The number of halogens is 1. The van der Waals surface area contributed by atoms with Crippen LogP contribution in [0.25, 0.3) is 22.6 Å². The van der Waals surface area contributed by atoms with Crippen molar-refractivity contribution < 1.29 is 4.79 Å². The van der Waals surface area contributed by atoms with E-state index >= 15 is 0 Å². The number of imidazole rings is 1. The number of benzene rings is 2. The average Bonchev–Trinajstić information content (AvgIpc) is 3.20. The molecular weight excluding hydrogens is 368 g/mol. The van der Waals surface area contributed by atoms with Crippen molar-refractivity contribution >= 4 is 50.6 Å². The average molecular weight is 383 g/mol. The molecule has 5 nitrogen and oxygen atoms in total. The third-order valence-electron chi connectivity index (χ3n) is 4.12. The number of fused-ring (bicyclic) bond motifs is 1. The van der Waals surface area contributed by atoms with Gasteiger partial charge in [0.05, 0.1) is 11.0 Å². The molecule has 4 rings (SSSR count). The van der Waals surface area contributed by atoms with Crippen LogP contribution < -0.4 is 5.32 Å². The zero-order chi connectivity index (χ0) is 18.3. The number of rotatable bonds is 4. The van der Waals surface area contributed by atoms with E-state index < -0.39 is 0 Å². The maximum Gasteiger partial charge on any atom is 0.187 e. The highest BCUT2D eigenvalue weighted by atomic mass is 35.5. The van der Waals surface area contributed by atoms with Crippen LogP contribution in [0.15, 0.2) is 47.8 Å². The zero-order valence-corrected chi connectivity index (χ0v) is 15.7. The van der Waals surface area contributed by atoms with Gasteiger partial charge in [-0.15, -0.1) is 11.3 Å². The van der Waals surface area contributed by atoms with Gasteiger partial charge in [-0.2, -0.15) is 0 Å². The number of hydrogen-bond acceptors (Lipinski definition) is 5. The molecule has 0 aliphatic rings. The van der Waals surface area contributed by atoms with Crippen molar-refractivity contribution in [2.75, 3.05) is 5.32 Å². The highest BCUT2D eigenvalue weighted by Crippen LogP contribution is 2.29. The van der Waals surface area contributed by atoms with Crippen molar-refractivity contribution in [3.8, 4) is 11.5 Å². The molecule has 0 aliphatic heterocycles. The summed E-state index contributed by atoms with van der Waals surface area (Å²) >= 11 is 7.56. The summed E-state index contributed by atoms with van der Waals surface area (Å²) in [5.41, 5.74) is 4.22. The van der Waals surface area contributed by atoms with Gasteiger partial charge in [0.2, 0.25) is 0 Å². The van der Waals surface area contributed by atoms with Gasteiger partial charge in [0.25, 0.3) is 0 Å². The summed E-state index contributed by atoms with van der Waals surface area (Å²) in [6, 6.07) is 13.0. The zero-order valence-electron chi connectivity index (χ0n) is 14.2. The molecule has 0 saturated heterocycles. The Kier molecular flexibility index (Phi) is 4.22. The Morgan fingerprint density at radius 2 is 1.92 bits per heavy atom. The first-order valence-electron chi connectivity index (χ1n) is 7.97. The summed E-state index contributed by atoms with van der Waals surface area (Å²) in [6.07, 6.45) is 0. The topological polar surface area (TPSA) is 59.8 Å². The largest absolute Gasteiger partial charge is 0.332 e. The number of aromatic nitrogens is 3. The van der Waals surface area contributed by atoms with Crippen LogP contribution in [0.2, 0.25) is 5.02 Å². The molecule has 26 heavy (non-hydrogen) atoms. The predicted octanol–water partition coefficient (Wildman–Crippen LogP) is 5.30. The molecule has 0 spiro atoms. The van der Waals surface area contributed by atoms with Crippen LogP contribution in [0.1, 0.15) is 17.3 Å². The fourth-order valence-corrected chi connectivity index (χ4v) is 3.62. The minimum atomic E-state index is 0.0510. The minimum Gasteiger partial charge on any atom is -0.332 e. The third-order valence-corrected chi connectivity index (χ3v) is 5.11. The van der Waals surface area contributed by atoms with Gasteiger partial charge >= 0.3 is 0 Å². The molecule has 2 heterocycles. The molecular formula is C19H15ClN4OS. The molecule has 0 unspecified atom stereocenters. The molecule has 0 aliphatic carbocycles. The number of hydrogen-bond donors (Lipinski definition) is 1. The number of ketones is 1. The fourth-order valence-electron chi connectivity index (χ4n) is 2.75. The van der Waals surface area contributed by atoms with Gasteiger partial charge in [0, 0.05) is 28.7 Å². The van der Waals surface area contributed by atoms with E-state index in [2.05, 4.69) is 15.3 Å². The molecule has 2 aromatic carbocycles. The SMILES string of the molecule is CC(=O)c1ccc(Nc2nc(-c3nc4cc(Cl)ccc4n3C)cs2)cc1. The molecule has 0 atom stereocenters. The maximum atomic E-state index is 11.4. The second kappa shape index (κ2) is 6.55. The Morgan fingerprint density at radius 1 is 1.15 bits per heavy atom. The summed E-state index contributed by atoms with van der Waals surface area (Å²) in [5.74, 6) is 0.841. The lowest BCUT2D eigenvalue weighted by Gasteiger charge is -2.03. The molecule has 0 bridgehead atoms. The first-order valence-corrected chi connectivity index (χ1v) is 9.23. The van der Waals surface area contributed by atoms with Crippen LogP contribution in [0.4, 0.5) is 10.8 Å². The predicted molar refractivity (Wildman–Crippen MR) is 107 cm³/mol. The van der Waals surface area contributed by atoms with Crippen LogP contribution in [-0.2, 0) is 7.05 Å². The summed E-state index contributed by atoms with van der Waals surface area (Å²) in [7, 11) is 1.96. The molecule has 0 fully saturated rings. The van der Waals surface area contributed by atoms with E-state index in [0.29, 0.717) is 10.6 Å². The van der Waals surface area contributed by atoms with Crippen LogP contribution in [0, 0.1) is 0 Å². The monoisotopic (exact) mass is 382 g/mol. The van der Waals surface area contributed by atoms with Crippen molar-refractivity contribution in [2.24, 2.45) is 7.05 Å². The number of nitrogens with one attached hydrogen (secondary N) is 1. The van der Waals surface area contributed by atoms with Gasteiger partial charge in [-0.3, -0.25) is 4.79 Å². The fraction of sp³-hybridized carbons (Fsp3) is 0.105. The Labute approximate surface area is 159 Å². The molecule has 4 aromatic rings. The molecule has 0 amide bonds. The van der Waals surface area contributed by atoms with Crippen LogP contribution in [0.3, 0.4) is 0 Å². The van der Waals surface area contributed by atoms with Gasteiger partial charge in [0.15, 0.2) is 16.7 Å². The van der Waals surface area contributed by atoms with Gasteiger partial charge < -0.3 is 9.88 Å². The van der Waals surface area contributed by atoms with Crippen molar-refractivity contribution in [3.63, 3.8) is 0 Å². The lowest BCUT2D eigenvalue weighted by molar-refractivity contribution is 0.101. The molecule has 7 heteroatoms. The van der Waals surface area contributed by atoms with E-state index in [1.54, 1.807) is 19.1 Å². The molecule has 0 radical (unpaired) electrons. The lowest BCUT2D eigenvalue weighted by Crippen LogP contribution is -1.95. The minimum absolute atomic E-state index is 0.0510. The van der Waals surface area contributed by atoms with Crippen molar-refractivity contribution in [3.05, 3.63) is 58.4 Å². The number of aryl methyl sites for hydroxylation is 1. The Bertz CT molecular complexity index is 1110. The first-order chi connectivity index (χ1) is 12.5. The smallest absolute Gasteiger partial charge is 0.187 e. The molecule has 130 valence electrons. The Hall–Kier alpha value is -2.70. The Balaban J connectivity index is 1.62. The van der Waals surface area contributed by atoms with E-state index in [9.17, 15) is 4.79 Å². The summed E-state index contributed by atoms with van der Waals surface area (Å²) in [6.45, 7) is 1.56. The van der Waals surface area contributed by atoms with E-state index in [1.165, 1.54) is 11.3 Å². The number of Topliss-reactive ketones (excluding diaryl/α,β-unsaturated/α-hetero) is 1. The van der Waals surface area contributed by atoms with Crippen molar-refractivity contribution in [1.82, 2.24) is 14.5 Å². The molecule has 0 saturated carbocycles. The van der Waals surface area contributed by atoms with Gasteiger partial charge in [-0.1, -0.05) is 11.6 Å². The quantitative estimate of drug-likeness (QED) is 0.487. The summed E-state index contributed by atoms with van der Waals surface area (Å²) in [5, 5.41) is 6.66. The van der Waals surface area contributed by atoms with E-state index in [1.807, 2.05) is 47.3 Å². The number of carbonyl (C=O) groups excluding carboxylic acids is 1. The lowest BCUT2D eigenvalue weighted by atomic mass is 10.1. The van der Waals surface area contributed by atoms with Gasteiger partial charge in [-0.25, -0.2) is 9.97 Å². The van der Waals surface area contributed by atoms with E-state index in [-0.39, 0.29) is 5.78 Å². The van der Waals surface area contributed by atoms with E-state index in [4.69, 9.17) is 11.6 Å². The summed E-state index contributed by atoms with van der Waals surface area (Å²) in [4.78, 5) is 20.6. The maximum absolute atomic E-state index is 11.4. The van der Waals surface area contributed by atoms with Crippen LogP contribution in [-0.4, -0.2) is 20.3 Å². The Morgan fingerprint density at radius 3 is 2.65 bits per heavy atom. The second-order valence-electron chi connectivity index (χ2n) is 5.92. The third kappa shape index (κ3) is 3.09. The van der Waals surface area contributed by atoms with Gasteiger partial charge in [0.1, 0.15) is 5.69 Å². The number of anilines is 2. The van der Waals surface area contributed by atoms with Crippen molar-refractivity contribution in [2.45, 2.75) is 6.92 Å². The normalized spacial score (nSPS) is 11.0. The highest BCUT2D eigenvalue weighted by Gasteiger charge is 2.13. The molecule has 2 aromatic heterocycles. The number of nitrogens with zero attached hydrogens (tertiary/aromatic N) is 3. The standard InChI is InChI=1S/C19H15ClN4OS/c1-11(25)12-3-6-14(7-4-12)21-19-23-16(10-26-19)18-22-15-9-13(20)5-8-17(15)24(18)2/h3-10H,1-2H3,(H,21,23). The van der Waals surface area contributed by atoms with Crippen LogP contribution >= 0.6 is 22.9 Å². The van der Waals surface area contributed by atoms with E-state index in [0.717, 1.165) is 33.4 Å². The second-order valence-corrected chi connectivity index (χ2v) is 7.22. The van der Waals surface area contributed by atoms with Gasteiger partial charge in [-0.05, 0) is 49.4 Å². The molecule has 1 N–H and O–H groups in total. The highest BCUT2D eigenvalue weighted by molar-refractivity contribution is 7.14.